The Balaban J connectivity index is 1.79. The molecule has 2 nitrogen and oxygen atoms in total. The first-order chi connectivity index (χ1) is 12.2. The first-order valence-electron chi connectivity index (χ1n) is 9.66. The lowest BCUT2D eigenvalue weighted by atomic mass is 9.42. The number of rotatable bonds is 6. The molecule has 1 aromatic carbocycles. The van der Waals surface area contributed by atoms with Gasteiger partial charge in [0.2, 0.25) is 0 Å². The third-order valence-corrected chi connectivity index (χ3v) is 7.15. The van der Waals surface area contributed by atoms with Crippen molar-refractivity contribution in [1.82, 2.24) is 0 Å². The number of esters is 1. The molecule has 4 saturated carbocycles. The van der Waals surface area contributed by atoms with Crippen molar-refractivity contribution in [2.24, 2.45) is 29.1 Å². The highest BCUT2D eigenvalue weighted by molar-refractivity contribution is 5.81. The Morgan fingerprint density at radius 2 is 1.68 bits per heavy atom. The lowest BCUT2D eigenvalue weighted by molar-refractivity contribution is -0.190. The third kappa shape index (κ3) is 2.67. The Labute approximate surface area is 151 Å². The number of allylic oxidation sites excluding steroid dienone is 1. The standard InChI is InChI=1S/C23H28O2/c1-3-10-23(19-12-16-11-17(14-19)15-20(23)13-16)22(25-21(24)4-2)18-8-6-5-7-9-18/h3-9,16-17,19-20,22H,1-2,10-15H2. The van der Waals surface area contributed by atoms with Crippen LogP contribution in [0.15, 0.2) is 55.6 Å². The van der Waals surface area contributed by atoms with Crippen molar-refractivity contribution in [3.05, 3.63) is 61.2 Å². The largest absolute Gasteiger partial charge is 0.454 e. The second-order valence-electron chi connectivity index (χ2n) is 8.34. The van der Waals surface area contributed by atoms with Crippen LogP contribution in [0.2, 0.25) is 0 Å². The Bertz CT molecular complexity index is 632. The number of hydrogen-bond acceptors (Lipinski definition) is 2. The minimum Gasteiger partial charge on any atom is -0.454 e. The summed E-state index contributed by atoms with van der Waals surface area (Å²) < 4.78 is 6.06. The van der Waals surface area contributed by atoms with Gasteiger partial charge < -0.3 is 4.74 Å². The Morgan fingerprint density at radius 3 is 2.20 bits per heavy atom. The van der Waals surface area contributed by atoms with E-state index >= 15 is 0 Å². The van der Waals surface area contributed by atoms with Crippen LogP contribution in [-0.2, 0) is 9.53 Å². The molecule has 5 rings (SSSR count). The van der Waals surface area contributed by atoms with Gasteiger partial charge in [-0.3, -0.25) is 0 Å². The average molecular weight is 336 g/mol. The second kappa shape index (κ2) is 6.48. The zero-order valence-corrected chi connectivity index (χ0v) is 14.9. The maximum atomic E-state index is 12.2. The van der Waals surface area contributed by atoms with Crippen molar-refractivity contribution in [2.45, 2.75) is 44.6 Å². The third-order valence-electron chi connectivity index (χ3n) is 7.15. The van der Waals surface area contributed by atoms with E-state index in [1.54, 1.807) is 0 Å². The summed E-state index contributed by atoms with van der Waals surface area (Å²) in [5.41, 5.74) is 1.11. The molecule has 132 valence electrons. The quantitative estimate of drug-likeness (QED) is 0.391. The van der Waals surface area contributed by atoms with E-state index in [1.165, 1.54) is 38.2 Å². The molecule has 0 aromatic heterocycles. The van der Waals surface area contributed by atoms with E-state index in [9.17, 15) is 4.79 Å². The molecule has 4 bridgehead atoms. The molecule has 1 atom stereocenters. The van der Waals surface area contributed by atoms with Crippen LogP contribution in [0.1, 0.15) is 50.2 Å². The van der Waals surface area contributed by atoms with Crippen LogP contribution in [0.5, 0.6) is 0 Å². The number of hydrogen-bond donors (Lipinski definition) is 0. The van der Waals surface area contributed by atoms with E-state index in [0.29, 0.717) is 11.8 Å². The minimum absolute atomic E-state index is 0.00477. The van der Waals surface area contributed by atoms with Crippen LogP contribution < -0.4 is 0 Å². The highest BCUT2D eigenvalue weighted by Crippen LogP contribution is 2.68. The van der Waals surface area contributed by atoms with Crippen molar-refractivity contribution in [1.29, 1.82) is 0 Å². The molecule has 1 unspecified atom stereocenters. The molecule has 0 N–H and O–H groups in total. The van der Waals surface area contributed by atoms with E-state index in [2.05, 4.69) is 31.4 Å². The maximum absolute atomic E-state index is 12.2. The van der Waals surface area contributed by atoms with Crippen LogP contribution in [-0.4, -0.2) is 5.97 Å². The van der Waals surface area contributed by atoms with Crippen LogP contribution >= 0.6 is 0 Å². The maximum Gasteiger partial charge on any atom is 0.330 e. The van der Waals surface area contributed by atoms with Crippen LogP contribution in [0.25, 0.3) is 0 Å². The van der Waals surface area contributed by atoms with E-state index in [-0.39, 0.29) is 17.5 Å². The molecule has 25 heavy (non-hydrogen) atoms. The molecule has 0 spiro atoms. The van der Waals surface area contributed by atoms with Crippen molar-refractivity contribution in [3.63, 3.8) is 0 Å². The second-order valence-corrected chi connectivity index (χ2v) is 8.34. The lowest BCUT2D eigenvalue weighted by Crippen LogP contribution is -2.56. The average Bonchev–Trinajstić information content (AvgIpc) is 2.63. The molecule has 0 amide bonds. The van der Waals surface area contributed by atoms with Gasteiger partial charge in [-0.25, -0.2) is 4.79 Å². The topological polar surface area (TPSA) is 26.3 Å². The van der Waals surface area contributed by atoms with Gasteiger partial charge >= 0.3 is 5.97 Å². The first kappa shape index (κ1) is 16.6. The molecule has 4 aliphatic carbocycles. The summed E-state index contributed by atoms with van der Waals surface area (Å²) in [4.78, 5) is 12.2. The summed E-state index contributed by atoms with van der Waals surface area (Å²) in [6, 6.07) is 10.3. The van der Waals surface area contributed by atoms with Crippen molar-refractivity contribution in [3.8, 4) is 0 Å². The van der Waals surface area contributed by atoms with Gasteiger partial charge in [0.1, 0.15) is 6.10 Å². The number of carbonyl (C=O) groups is 1. The first-order valence-corrected chi connectivity index (χ1v) is 9.66. The monoisotopic (exact) mass is 336 g/mol. The molecule has 4 fully saturated rings. The van der Waals surface area contributed by atoms with Gasteiger partial charge in [-0.2, -0.15) is 0 Å². The van der Waals surface area contributed by atoms with Crippen LogP contribution in [0, 0.1) is 29.1 Å². The highest BCUT2D eigenvalue weighted by Gasteiger charge is 2.60. The summed E-state index contributed by atoms with van der Waals surface area (Å²) in [5.74, 6) is 2.71. The Hall–Kier alpha value is -1.83. The zero-order valence-electron chi connectivity index (χ0n) is 14.9. The molecular formula is C23H28O2. The summed E-state index contributed by atoms with van der Waals surface area (Å²) in [7, 11) is 0. The van der Waals surface area contributed by atoms with Gasteiger partial charge in [0.15, 0.2) is 0 Å². The number of carbonyl (C=O) groups excluding carboxylic acids is 1. The highest BCUT2D eigenvalue weighted by atomic mass is 16.5. The normalized spacial score (nSPS) is 36.6. The lowest BCUT2D eigenvalue weighted by Gasteiger charge is -2.63. The van der Waals surface area contributed by atoms with Gasteiger partial charge in [-0.1, -0.05) is 43.0 Å². The molecule has 1 aromatic rings. The molecule has 0 saturated heterocycles. The SMILES string of the molecule is C=CCC1(C(OC(=O)C=C)c2ccccc2)C2CC3CC(C2)CC1C3. The van der Waals surface area contributed by atoms with Gasteiger partial charge in [-0.15, -0.1) is 6.58 Å². The predicted molar refractivity (Wildman–Crippen MR) is 99.8 cm³/mol. The summed E-state index contributed by atoms with van der Waals surface area (Å²) in [6.45, 7) is 7.69. The fourth-order valence-electron chi connectivity index (χ4n) is 6.46. The molecule has 0 heterocycles. The molecule has 2 heteroatoms. The number of benzene rings is 1. The summed E-state index contributed by atoms with van der Waals surface area (Å²) in [5, 5.41) is 0. The summed E-state index contributed by atoms with van der Waals surface area (Å²) in [6.07, 6.45) is 10.6. The minimum atomic E-state index is -0.314. The van der Waals surface area contributed by atoms with E-state index in [1.807, 2.05) is 18.2 Å². The van der Waals surface area contributed by atoms with E-state index in [4.69, 9.17) is 4.74 Å². The molecular weight excluding hydrogens is 308 g/mol. The van der Waals surface area contributed by atoms with Gasteiger partial charge in [0.25, 0.3) is 0 Å². The smallest absolute Gasteiger partial charge is 0.330 e. The van der Waals surface area contributed by atoms with E-state index in [0.717, 1.165) is 23.8 Å². The Morgan fingerprint density at radius 1 is 1.08 bits per heavy atom. The zero-order chi connectivity index (χ0) is 17.4. The van der Waals surface area contributed by atoms with Crippen molar-refractivity contribution < 1.29 is 9.53 Å². The fourth-order valence-corrected chi connectivity index (χ4v) is 6.46. The van der Waals surface area contributed by atoms with Gasteiger partial charge in [-0.05, 0) is 67.8 Å². The fraction of sp³-hybridized carbons (Fsp3) is 0.522. The van der Waals surface area contributed by atoms with Gasteiger partial charge in [0.05, 0.1) is 0 Å². The van der Waals surface area contributed by atoms with E-state index < -0.39 is 0 Å². The molecule has 0 aliphatic heterocycles. The Kier molecular flexibility index (Phi) is 4.31. The predicted octanol–water partition coefficient (Wildman–Crippen LogP) is 5.48. The van der Waals surface area contributed by atoms with Gasteiger partial charge in [0, 0.05) is 11.5 Å². The summed E-state index contributed by atoms with van der Waals surface area (Å²) >= 11 is 0. The van der Waals surface area contributed by atoms with Crippen LogP contribution in [0.3, 0.4) is 0 Å². The van der Waals surface area contributed by atoms with Crippen molar-refractivity contribution >= 4 is 5.97 Å². The molecule has 0 radical (unpaired) electrons. The van der Waals surface area contributed by atoms with Crippen LogP contribution in [0.4, 0.5) is 0 Å². The van der Waals surface area contributed by atoms with Crippen molar-refractivity contribution in [2.75, 3.05) is 0 Å². The number of ether oxygens (including phenoxy) is 1. The molecule has 4 aliphatic rings.